The van der Waals surface area contributed by atoms with E-state index < -0.39 is 6.10 Å². The Morgan fingerprint density at radius 3 is 2.76 bits per heavy atom. The molecule has 1 atom stereocenters. The highest BCUT2D eigenvalue weighted by atomic mass is 35.5. The number of thioether (sulfide) groups is 1. The van der Waals surface area contributed by atoms with E-state index in [2.05, 4.69) is 15.1 Å². The van der Waals surface area contributed by atoms with Crippen molar-refractivity contribution in [1.29, 1.82) is 0 Å². The summed E-state index contributed by atoms with van der Waals surface area (Å²) in [5.74, 6) is 1.27. The number of aliphatic hydroxyl groups is 1. The van der Waals surface area contributed by atoms with Crippen LogP contribution in [0.2, 0.25) is 5.02 Å². The van der Waals surface area contributed by atoms with E-state index in [1.165, 1.54) is 11.8 Å². The number of aromatic nitrogens is 3. The molecule has 3 heterocycles. The first-order valence-electron chi connectivity index (χ1n) is 9.58. The van der Waals surface area contributed by atoms with Crippen molar-refractivity contribution in [1.82, 2.24) is 14.8 Å². The molecule has 1 aliphatic rings. The lowest BCUT2D eigenvalue weighted by Gasteiger charge is -2.19. The van der Waals surface area contributed by atoms with E-state index in [1.807, 2.05) is 46.3 Å². The van der Waals surface area contributed by atoms with Gasteiger partial charge in [0.15, 0.2) is 5.16 Å². The number of para-hydroxylation sites is 1. The first-order valence-corrected chi connectivity index (χ1v) is 11.8. The Morgan fingerprint density at radius 1 is 1.17 bits per heavy atom. The van der Waals surface area contributed by atoms with Crippen molar-refractivity contribution in [2.45, 2.75) is 30.7 Å². The van der Waals surface area contributed by atoms with Crippen LogP contribution in [0.5, 0.6) is 0 Å². The Kier molecular flexibility index (Phi) is 7.10. The van der Waals surface area contributed by atoms with Gasteiger partial charge in [0.1, 0.15) is 0 Å². The van der Waals surface area contributed by atoms with Crippen LogP contribution >= 0.6 is 34.7 Å². The van der Waals surface area contributed by atoms with E-state index in [4.69, 9.17) is 16.3 Å². The highest BCUT2D eigenvalue weighted by molar-refractivity contribution is 7.99. The highest BCUT2D eigenvalue weighted by Crippen LogP contribution is 2.32. The van der Waals surface area contributed by atoms with Gasteiger partial charge in [0.05, 0.1) is 30.0 Å². The molecule has 2 aromatic heterocycles. The second kappa shape index (κ2) is 9.95. The Hall–Kier alpha value is -1.58. The summed E-state index contributed by atoms with van der Waals surface area (Å²) in [6.45, 7) is 2.73. The van der Waals surface area contributed by atoms with E-state index in [0.29, 0.717) is 17.4 Å². The second-order valence-corrected chi connectivity index (χ2v) is 9.25. The standard InChI is InChI=1S/C20H23ClN4O2S2/c21-17-7-1-2-8-18(17)25-19(24-9-3-4-10-24)22-23-20(25)29-14-15(26)12-27-13-16-6-5-11-28-16/h1-2,5-8,11,15,26H,3-4,9-10,12-14H2/t15-/m1/s1. The molecule has 3 aromatic rings. The van der Waals surface area contributed by atoms with E-state index >= 15 is 0 Å². The fourth-order valence-electron chi connectivity index (χ4n) is 3.23. The highest BCUT2D eigenvalue weighted by Gasteiger charge is 2.24. The average molecular weight is 451 g/mol. The summed E-state index contributed by atoms with van der Waals surface area (Å²) < 4.78 is 7.62. The number of rotatable bonds is 9. The van der Waals surface area contributed by atoms with Crippen molar-refractivity contribution in [2.75, 3.05) is 30.3 Å². The van der Waals surface area contributed by atoms with Gasteiger partial charge in [0, 0.05) is 23.7 Å². The van der Waals surface area contributed by atoms with Gasteiger partial charge in [-0.25, -0.2) is 0 Å². The summed E-state index contributed by atoms with van der Waals surface area (Å²) in [5.41, 5.74) is 0.854. The van der Waals surface area contributed by atoms with E-state index in [9.17, 15) is 5.11 Å². The summed E-state index contributed by atoms with van der Waals surface area (Å²) in [6, 6.07) is 11.7. The predicted molar refractivity (Wildman–Crippen MR) is 119 cm³/mol. The Bertz CT molecular complexity index is 913. The van der Waals surface area contributed by atoms with Gasteiger partial charge in [0.2, 0.25) is 5.95 Å². The van der Waals surface area contributed by atoms with Crippen molar-refractivity contribution in [3.05, 3.63) is 51.7 Å². The molecule has 1 aliphatic heterocycles. The van der Waals surface area contributed by atoms with Gasteiger partial charge in [0.25, 0.3) is 0 Å². The molecule has 0 amide bonds. The van der Waals surface area contributed by atoms with Crippen LogP contribution in [-0.2, 0) is 11.3 Å². The minimum absolute atomic E-state index is 0.282. The number of thiophene rings is 1. The number of nitrogens with zero attached hydrogens (tertiary/aromatic N) is 4. The lowest BCUT2D eigenvalue weighted by Crippen LogP contribution is -2.22. The lowest BCUT2D eigenvalue weighted by molar-refractivity contribution is 0.0409. The Labute approximate surface area is 183 Å². The molecule has 0 radical (unpaired) electrons. The molecular weight excluding hydrogens is 428 g/mol. The van der Waals surface area contributed by atoms with Gasteiger partial charge in [-0.05, 0) is 36.4 Å². The largest absolute Gasteiger partial charge is 0.390 e. The Balaban J connectivity index is 1.44. The topological polar surface area (TPSA) is 63.4 Å². The van der Waals surface area contributed by atoms with Gasteiger partial charge in [-0.1, -0.05) is 41.6 Å². The third-order valence-corrected chi connectivity index (χ3v) is 6.88. The van der Waals surface area contributed by atoms with Crippen molar-refractivity contribution in [2.24, 2.45) is 0 Å². The number of hydrogen-bond acceptors (Lipinski definition) is 7. The zero-order chi connectivity index (χ0) is 20.1. The normalized spacial score (nSPS) is 15.2. The number of aliphatic hydroxyl groups excluding tert-OH is 1. The Morgan fingerprint density at radius 2 is 2.00 bits per heavy atom. The van der Waals surface area contributed by atoms with Crippen LogP contribution in [0.1, 0.15) is 17.7 Å². The van der Waals surface area contributed by atoms with E-state index in [-0.39, 0.29) is 6.61 Å². The molecule has 1 saturated heterocycles. The maximum Gasteiger partial charge on any atom is 0.232 e. The smallest absolute Gasteiger partial charge is 0.232 e. The minimum Gasteiger partial charge on any atom is -0.390 e. The third kappa shape index (κ3) is 5.13. The number of anilines is 1. The van der Waals surface area contributed by atoms with Gasteiger partial charge in [-0.2, -0.15) is 0 Å². The summed E-state index contributed by atoms with van der Waals surface area (Å²) >= 11 is 9.59. The van der Waals surface area contributed by atoms with Gasteiger partial charge >= 0.3 is 0 Å². The van der Waals surface area contributed by atoms with Crippen molar-refractivity contribution >= 4 is 40.6 Å². The van der Waals surface area contributed by atoms with E-state index in [0.717, 1.165) is 47.6 Å². The number of halogens is 1. The molecule has 1 N–H and O–H groups in total. The monoisotopic (exact) mass is 450 g/mol. The fraction of sp³-hybridized carbons (Fsp3) is 0.400. The average Bonchev–Trinajstić information content (AvgIpc) is 3.48. The predicted octanol–water partition coefficient (Wildman–Crippen LogP) is 4.25. The third-order valence-electron chi connectivity index (χ3n) is 4.64. The van der Waals surface area contributed by atoms with Crippen LogP contribution in [0, 0.1) is 0 Å². The zero-order valence-electron chi connectivity index (χ0n) is 15.9. The molecule has 0 saturated carbocycles. The summed E-state index contributed by atoms with van der Waals surface area (Å²) in [4.78, 5) is 3.39. The van der Waals surface area contributed by atoms with Crippen LogP contribution in [0.4, 0.5) is 5.95 Å². The molecule has 0 unspecified atom stereocenters. The summed E-state index contributed by atoms with van der Waals surface area (Å²) in [7, 11) is 0. The summed E-state index contributed by atoms with van der Waals surface area (Å²) in [5, 5.41) is 22.6. The second-order valence-electron chi connectivity index (χ2n) is 6.82. The fourth-order valence-corrected chi connectivity index (χ4v) is 4.94. The number of benzene rings is 1. The minimum atomic E-state index is -0.591. The molecule has 9 heteroatoms. The number of ether oxygens (including phenoxy) is 1. The molecule has 0 bridgehead atoms. The van der Waals surface area contributed by atoms with Crippen LogP contribution in [0.15, 0.2) is 46.9 Å². The molecule has 0 aliphatic carbocycles. The van der Waals surface area contributed by atoms with Crippen LogP contribution in [-0.4, -0.2) is 51.4 Å². The molecular formula is C20H23ClN4O2S2. The van der Waals surface area contributed by atoms with E-state index in [1.54, 1.807) is 11.3 Å². The first kappa shape index (κ1) is 20.7. The maximum atomic E-state index is 10.3. The van der Waals surface area contributed by atoms with Crippen LogP contribution < -0.4 is 4.90 Å². The molecule has 0 spiro atoms. The van der Waals surface area contributed by atoms with Crippen LogP contribution in [0.3, 0.4) is 0 Å². The SMILES string of the molecule is O[C@H](COCc1cccs1)CSc1nnc(N2CCCC2)n1-c1ccccc1Cl. The van der Waals surface area contributed by atoms with Crippen LogP contribution in [0.25, 0.3) is 5.69 Å². The molecule has 154 valence electrons. The van der Waals surface area contributed by atoms with Gasteiger partial charge in [-0.3, -0.25) is 4.57 Å². The van der Waals surface area contributed by atoms with Gasteiger partial charge < -0.3 is 14.7 Å². The lowest BCUT2D eigenvalue weighted by atomic mass is 10.3. The van der Waals surface area contributed by atoms with Crippen molar-refractivity contribution in [3.63, 3.8) is 0 Å². The number of hydrogen-bond donors (Lipinski definition) is 1. The molecule has 6 nitrogen and oxygen atoms in total. The molecule has 29 heavy (non-hydrogen) atoms. The summed E-state index contributed by atoms with van der Waals surface area (Å²) in [6.07, 6.45) is 1.71. The maximum absolute atomic E-state index is 10.3. The molecule has 1 aromatic carbocycles. The van der Waals surface area contributed by atoms with Crippen molar-refractivity contribution in [3.8, 4) is 5.69 Å². The first-order chi connectivity index (χ1) is 14.2. The quantitative estimate of drug-likeness (QED) is 0.491. The zero-order valence-corrected chi connectivity index (χ0v) is 18.3. The van der Waals surface area contributed by atoms with Crippen molar-refractivity contribution < 1.29 is 9.84 Å². The molecule has 1 fully saturated rings. The van der Waals surface area contributed by atoms with Gasteiger partial charge in [-0.15, -0.1) is 21.5 Å². The molecule has 4 rings (SSSR count).